The summed E-state index contributed by atoms with van der Waals surface area (Å²) in [6.45, 7) is 3.47. The maximum Gasteiger partial charge on any atom is 0.108 e. The molecule has 1 fully saturated rings. The van der Waals surface area contributed by atoms with E-state index in [1.54, 1.807) is 0 Å². The summed E-state index contributed by atoms with van der Waals surface area (Å²) in [5, 5.41) is 3.90. The molecule has 2 aromatic rings. The molecule has 0 radical (unpaired) electrons. The summed E-state index contributed by atoms with van der Waals surface area (Å²) in [6, 6.07) is 14.1. The van der Waals surface area contributed by atoms with Gasteiger partial charge >= 0.3 is 0 Å². The highest BCUT2D eigenvalue weighted by Crippen LogP contribution is 2.31. The number of rotatable bonds is 4. The molecule has 0 spiro atoms. The Morgan fingerprint density at radius 3 is 2.70 bits per heavy atom. The Morgan fingerprint density at radius 2 is 1.87 bits per heavy atom. The second-order valence-electron chi connectivity index (χ2n) is 6.95. The van der Waals surface area contributed by atoms with Gasteiger partial charge in [0.05, 0.1) is 6.26 Å². The Hall–Kier alpha value is -1.58. The summed E-state index contributed by atoms with van der Waals surface area (Å²) < 4.78 is 5.61. The van der Waals surface area contributed by atoms with E-state index in [1.807, 2.05) is 6.26 Å². The predicted octanol–water partition coefficient (Wildman–Crippen LogP) is 3.91. The van der Waals surface area contributed by atoms with Gasteiger partial charge in [-0.15, -0.1) is 0 Å². The molecule has 0 bridgehead atoms. The zero-order valence-electron chi connectivity index (χ0n) is 13.7. The minimum atomic E-state index is 0.503. The molecule has 1 unspecified atom stereocenters. The van der Waals surface area contributed by atoms with Crippen molar-refractivity contribution in [3.8, 4) is 0 Å². The van der Waals surface area contributed by atoms with E-state index in [-0.39, 0.29) is 0 Å². The standard InChI is InChI=1S/C20H26N2O/c1-2-5-16(6-3-1)15-22-12-9-17(10-13-22)21-19-7-4-8-20-18(19)11-14-23-20/h1-3,5-6,11,14,17,19,21H,4,7-10,12-13,15H2. The van der Waals surface area contributed by atoms with Crippen LogP contribution in [0.5, 0.6) is 0 Å². The molecule has 1 atom stereocenters. The fourth-order valence-electron chi connectivity index (χ4n) is 4.04. The van der Waals surface area contributed by atoms with Crippen molar-refractivity contribution >= 4 is 0 Å². The second-order valence-corrected chi connectivity index (χ2v) is 6.95. The van der Waals surface area contributed by atoms with Crippen LogP contribution in [0.2, 0.25) is 0 Å². The monoisotopic (exact) mass is 310 g/mol. The third-order valence-corrected chi connectivity index (χ3v) is 5.33. The normalized spacial score (nSPS) is 22.9. The van der Waals surface area contributed by atoms with Gasteiger partial charge in [-0.05, 0) is 50.4 Å². The molecule has 1 saturated heterocycles. The largest absolute Gasteiger partial charge is 0.469 e. The van der Waals surface area contributed by atoms with Gasteiger partial charge in [0.15, 0.2) is 0 Å². The molecule has 1 aliphatic carbocycles. The molecule has 3 heteroatoms. The first-order valence-electron chi connectivity index (χ1n) is 8.97. The molecule has 1 aliphatic heterocycles. The molecule has 0 saturated carbocycles. The third-order valence-electron chi connectivity index (χ3n) is 5.33. The summed E-state index contributed by atoms with van der Waals surface area (Å²) in [5.41, 5.74) is 2.83. The highest BCUT2D eigenvalue weighted by atomic mass is 16.3. The number of nitrogens with one attached hydrogen (secondary N) is 1. The highest BCUT2D eigenvalue weighted by molar-refractivity contribution is 5.24. The van der Waals surface area contributed by atoms with Gasteiger partial charge in [0, 0.05) is 30.6 Å². The van der Waals surface area contributed by atoms with E-state index in [2.05, 4.69) is 46.6 Å². The minimum Gasteiger partial charge on any atom is -0.469 e. The Bertz CT molecular complexity index is 614. The first-order chi connectivity index (χ1) is 11.4. The van der Waals surface area contributed by atoms with Crippen LogP contribution in [0.3, 0.4) is 0 Å². The van der Waals surface area contributed by atoms with Crippen LogP contribution in [0.15, 0.2) is 47.1 Å². The van der Waals surface area contributed by atoms with Crippen LogP contribution < -0.4 is 5.32 Å². The van der Waals surface area contributed by atoms with E-state index in [0.717, 1.165) is 13.0 Å². The van der Waals surface area contributed by atoms with Crippen LogP contribution in [0.1, 0.15) is 48.6 Å². The molecule has 1 N–H and O–H groups in total. The SMILES string of the molecule is c1ccc(CN2CCC(NC3CCCc4occc43)CC2)cc1. The molecule has 4 rings (SSSR count). The van der Waals surface area contributed by atoms with Gasteiger partial charge in [0.25, 0.3) is 0 Å². The molecule has 2 aliphatic rings. The van der Waals surface area contributed by atoms with Crippen molar-refractivity contribution in [2.45, 2.75) is 50.7 Å². The molecule has 2 heterocycles. The van der Waals surface area contributed by atoms with Crippen molar-refractivity contribution in [3.63, 3.8) is 0 Å². The molecular formula is C20H26N2O. The van der Waals surface area contributed by atoms with Gasteiger partial charge in [-0.2, -0.15) is 0 Å². The second kappa shape index (κ2) is 6.90. The first kappa shape index (κ1) is 15.0. The molecule has 23 heavy (non-hydrogen) atoms. The number of benzene rings is 1. The molecule has 1 aromatic heterocycles. The number of furan rings is 1. The molecule has 1 aromatic carbocycles. The summed E-state index contributed by atoms with van der Waals surface area (Å²) in [6.07, 6.45) is 7.94. The maximum absolute atomic E-state index is 5.61. The van der Waals surface area contributed by atoms with Gasteiger partial charge in [0.1, 0.15) is 5.76 Å². The number of piperidine rings is 1. The number of fused-ring (bicyclic) bond motifs is 1. The van der Waals surface area contributed by atoms with Gasteiger partial charge in [0.2, 0.25) is 0 Å². The number of hydrogen-bond donors (Lipinski definition) is 1. The molecule has 122 valence electrons. The Labute approximate surface area is 138 Å². The van der Waals surface area contributed by atoms with Gasteiger partial charge in [-0.1, -0.05) is 30.3 Å². The van der Waals surface area contributed by atoms with E-state index in [4.69, 9.17) is 4.42 Å². The fourth-order valence-corrected chi connectivity index (χ4v) is 4.04. The fraction of sp³-hybridized carbons (Fsp3) is 0.500. The smallest absolute Gasteiger partial charge is 0.108 e. The topological polar surface area (TPSA) is 28.4 Å². The van der Waals surface area contributed by atoms with Crippen molar-refractivity contribution < 1.29 is 4.42 Å². The summed E-state index contributed by atoms with van der Waals surface area (Å²) in [5.74, 6) is 1.20. The summed E-state index contributed by atoms with van der Waals surface area (Å²) in [4.78, 5) is 2.58. The quantitative estimate of drug-likeness (QED) is 0.928. The Balaban J connectivity index is 1.29. The lowest BCUT2D eigenvalue weighted by Crippen LogP contribution is -2.43. The maximum atomic E-state index is 5.61. The molecule has 0 amide bonds. The van der Waals surface area contributed by atoms with Crippen molar-refractivity contribution in [1.82, 2.24) is 10.2 Å². The molecular weight excluding hydrogens is 284 g/mol. The zero-order valence-corrected chi connectivity index (χ0v) is 13.7. The average Bonchev–Trinajstić information content (AvgIpc) is 3.07. The number of aryl methyl sites for hydroxylation is 1. The van der Waals surface area contributed by atoms with E-state index in [9.17, 15) is 0 Å². The van der Waals surface area contributed by atoms with Crippen molar-refractivity contribution in [3.05, 3.63) is 59.5 Å². The van der Waals surface area contributed by atoms with Crippen molar-refractivity contribution in [1.29, 1.82) is 0 Å². The van der Waals surface area contributed by atoms with E-state index < -0.39 is 0 Å². The van der Waals surface area contributed by atoms with Crippen LogP contribution >= 0.6 is 0 Å². The lowest BCUT2D eigenvalue weighted by Gasteiger charge is -2.35. The highest BCUT2D eigenvalue weighted by Gasteiger charge is 2.26. The van der Waals surface area contributed by atoms with Gasteiger partial charge in [-0.25, -0.2) is 0 Å². The lowest BCUT2D eigenvalue weighted by molar-refractivity contribution is 0.181. The average molecular weight is 310 g/mol. The van der Waals surface area contributed by atoms with Crippen LogP contribution in [-0.4, -0.2) is 24.0 Å². The zero-order chi connectivity index (χ0) is 15.5. The lowest BCUT2D eigenvalue weighted by atomic mass is 9.91. The van der Waals surface area contributed by atoms with Crippen LogP contribution in [0.25, 0.3) is 0 Å². The number of nitrogens with zero attached hydrogens (tertiary/aromatic N) is 1. The van der Waals surface area contributed by atoms with Crippen molar-refractivity contribution in [2.75, 3.05) is 13.1 Å². The Kier molecular flexibility index (Phi) is 4.49. The van der Waals surface area contributed by atoms with E-state index in [1.165, 1.54) is 55.7 Å². The number of likely N-dealkylation sites (tertiary alicyclic amines) is 1. The first-order valence-corrected chi connectivity index (χ1v) is 8.97. The van der Waals surface area contributed by atoms with E-state index >= 15 is 0 Å². The van der Waals surface area contributed by atoms with Crippen molar-refractivity contribution in [2.24, 2.45) is 0 Å². The minimum absolute atomic E-state index is 0.503. The van der Waals surface area contributed by atoms with Gasteiger partial charge < -0.3 is 9.73 Å². The number of hydrogen-bond acceptors (Lipinski definition) is 3. The van der Waals surface area contributed by atoms with Crippen LogP contribution in [0, 0.1) is 0 Å². The summed E-state index contributed by atoms with van der Waals surface area (Å²) >= 11 is 0. The van der Waals surface area contributed by atoms with Crippen LogP contribution in [0.4, 0.5) is 0 Å². The van der Waals surface area contributed by atoms with Gasteiger partial charge in [-0.3, -0.25) is 4.90 Å². The Morgan fingerprint density at radius 1 is 1.04 bits per heavy atom. The predicted molar refractivity (Wildman–Crippen MR) is 92.3 cm³/mol. The molecule has 3 nitrogen and oxygen atoms in total. The third kappa shape index (κ3) is 3.51. The summed E-state index contributed by atoms with van der Waals surface area (Å²) in [7, 11) is 0. The van der Waals surface area contributed by atoms with E-state index in [0.29, 0.717) is 12.1 Å². The van der Waals surface area contributed by atoms with Crippen LogP contribution in [-0.2, 0) is 13.0 Å².